The quantitative estimate of drug-likeness (QED) is 0.406. The summed E-state index contributed by atoms with van der Waals surface area (Å²) in [4.78, 5) is 17.6. The maximum atomic E-state index is 13.7. The molecule has 1 saturated heterocycles. The fourth-order valence-electron chi connectivity index (χ4n) is 4.99. The van der Waals surface area contributed by atoms with Crippen molar-refractivity contribution >= 4 is 27.3 Å². The van der Waals surface area contributed by atoms with Gasteiger partial charge in [-0.1, -0.05) is 37.6 Å². The highest BCUT2D eigenvalue weighted by Crippen LogP contribution is 2.38. The molecule has 0 saturated carbocycles. The molecule has 0 bridgehead atoms. The van der Waals surface area contributed by atoms with E-state index in [0.717, 1.165) is 36.3 Å². The summed E-state index contributed by atoms with van der Waals surface area (Å²) < 4.78 is 46.5. The third-order valence-corrected chi connectivity index (χ3v) is 8.54. The molecule has 5 rings (SSSR count). The molecule has 9 nitrogen and oxygen atoms in total. The fourth-order valence-corrected chi connectivity index (χ4v) is 6.09. The second-order valence-corrected chi connectivity index (χ2v) is 11.5. The second kappa shape index (κ2) is 12.1. The van der Waals surface area contributed by atoms with Crippen LogP contribution in [0.2, 0.25) is 0 Å². The van der Waals surface area contributed by atoms with Crippen molar-refractivity contribution in [2.24, 2.45) is 0 Å². The molecular formula is C30H35N3O6S. The van der Waals surface area contributed by atoms with Gasteiger partial charge in [-0.05, 0) is 48.7 Å². The van der Waals surface area contributed by atoms with E-state index in [-0.39, 0.29) is 41.1 Å². The van der Waals surface area contributed by atoms with E-state index in [1.54, 1.807) is 24.1 Å². The molecule has 0 atom stereocenters. The molecular weight excluding hydrogens is 530 g/mol. The Morgan fingerprint density at radius 2 is 1.70 bits per heavy atom. The summed E-state index contributed by atoms with van der Waals surface area (Å²) in [6.45, 7) is 4.84. The Balaban J connectivity index is 1.36. The van der Waals surface area contributed by atoms with E-state index in [9.17, 15) is 13.2 Å². The van der Waals surface area contributed by atoms with Crippen LogP contribution in [0.15, 0.2) is 65.6 Å². The van der Waals surface area contributed by atoms with Crippen molar-refractivity contribution in [1.82, 2.24) is 4.90 Å². The molecule has 2 aliphatic rings. The van der Waals surface area contributed by atoms with Gasteiger partial charge in [-0.15, -0.1) is 0 Å². The van der Waals surface area contributed by atoms with E-state index in [0.29, 0.717) is 31.9 Å². The van der Waals surface area contributed by atoms with E-state index in [4.69, 9.17) is 14.2 Å². The summed E-state index contributed by atoms with van der Waals surface area (Å²) in [6, 6.07) is 18.0. The highest BCUT2D eigenvalue weighted by atomic mass is 32.2. The zero-order valence-corrected chi connectivity index (χ0v) is 23.7. The van der Waals surface area contributed by atoms with Gasteiger partial charge in [0.1, 0.15) is 19.0 Å². The van der Waals surface area contributed by atoms with Gasteiger partial charge in [-0.25, -0.2) is 8.42 Å². The molecule has 3 aromatic rings. The number of benzene rings is 3. The lowest BCUT2D eigenvalue weighted by molar-refractivity contribution is 0.0735. The first-order valence-electron chi connectivity index (χ1n) is 13.6. The van der Waals surface area contributed by atoms with Gasteiger partial charge in [0.15, 0.2) is 11.5 Å². The van der Waals surface area contributed by atoms with Crippen LogP contribution in [0, 0.1) is 0 Å². The average molecular weight is 566 g/mol. The number of methoxy groups -OCH3 is 1. The molecule has 0 radical (unpaired) electrons. The van der Waals surface area contributed by atoms with E-state index in [2.05, 4.69) is 16.5 Å². The van der Waals surface area contributed by atoms with Crippen LogP contribution in [0.5, 0.6) is 17.2 Å². The first-order chi connectivity index (χ1) is 19.4. The van der Waals surface area contributed by atoms with Crippen molar-refractivity contribution < 1.29 is 27.4 Å². The van der Waals surface area contributed by atoms with Crippen LogP contribution >= 0.6 is 0 Å². The molecule has 3 aromatic carbocycles. The molecule has 40 heavy (non-hydrogen) atoms. The Morgan fingerprint density at radius 3 is 2.42 bits per heavy atom. The number of anilines is 2. The molecule has 1 fully saturated rings. The lowest BCUT2D eigenvalue weighted by Gasteiger charge is -2.37. The molecule has 2 aliphatic heterocycles. The molecule has 10 heteroatoms. The molecule has 0 unspecified atom stereocenters. The summed E-state index contributed by atoms with van der Waals surface area (Å²) in [5, 5.41) is 0. The third-order valence-electron chi connectivity index (χ3n) is 7.17. The number of rotatable bonds is 9. The smallest absolute Gasteiger partial charge is 0.262 e. The van der Waals surface area contributed by atoms with E-state index in [1.165, 1.54) is 12.1 Å². The normalized spacial score (nSPS) is 15.1. The highest BCUT2D eigenvalue weighted by Gasteiger charge is 2.31. The lowest BCUT2D eigenvalue weighted by atomic mass is 10.1. The van der Waals surface area contributed by atoms with Gasteiger partial charge in [-0.2, -0.15) is 0 Å². The zero-order valence-electron chi connectivity index (χ0n) is 22.9. The van der Waals surface area contributed by atoms with Crippen molar-refractivity contribution in [3.05, 3.63) is 71.8 Å². The van der Waals surface area contributed by atoms with E-state index in [1.807, 2.05) is 36.4 Å². The number of unbranched alkanes of at least 4 members (excludes halogenated alkanes) is 1. The minimum Gasteiger partial charge on any atom is -0.495 e. The number of nitrogens with one attached hydrogen (secondary N) is 1. The fraction of sp³-hybridized carbons (Fsp3) is 0.367. The predicted octanol–water partition coefficient (Wildman–Crippen LogP) is 4.57. The number of para-hydroxylation sites is 2. The number of sulfonamides is 1. The summed E-state index contributed by atoms with van der Waals surface area (Å²) in [5.74, 6) is 1.02. The predicted molar refractivity (Wildman–Crippen MR) is 154 cm³/mol. The number of hydrogen-bond acceptors (Lipinski definition) is 7. The van der Waals surface area contributed by atoms with Crippen LogP contribution in [0.25, 0.3) is 0 Å². The number of hydrogen-bond donors (Lipinski definition) is 1. The number of piperazine rings is 1. The number of amides is 1. The summed E-state index contributed by atoms with van der Waals surface area (Å²) in [6.07, 6.45) is 3.12. The summed E-state index contributed by atoms with van der Waals surface area (Å²) in [5.41, 5.74) is 2.76. The minimum absolute atomic E-state index is 0.0529. The maximum absolute atomic E-state index is 13.7. The highest BCUT2D eigenvalue weighted by molar-refractivity contribution is 7.92. The van der Waals surface area contributed by atoms with Crippen LogP contribution in [0.1, 0.15) is 35.7 Å². The Kier molecular flexibility index (Phi) is 8.35. The van der Waals surface area contributed by atoms with E-state index < -0.39 is 10.0 Å². The van der Waals surface area contributed by atoms with Crippen LogP contribution in [-0.2, 0) is 16.4 Å². The number of nitrogens with zero attached hydrogens (tertiary/aromatic N) is 2. The number of carbonyl (C=O) groups excluding carboxylic acids is 1. The van der Waals surface area contributed by atoms with Gasteiger partial charge in [0.2, 0.25) is 0 Å². The third kappa shape index (κ3) is 5.96. The topological polar surface area (TPSA) is 97.4 Å². The van der Waals surface area contributed by atoms with Crippen molar-refractivity contribution in [3.63, 3.8) is 0 Å². The number of fused-ring (bicyclic) bond motifs is 1. The lowest BCUT2D eigenvalue weighted by Crippen LogP contribution is -2.49. The van der Waals surface area contributed by atoms with Gasteiger partial charge < -0.3 is 24.0 Å². The molecule has 2 heterocycles. The minimum atomic E-state index is -3.99. The Bertz CT molecular complexity index is 1450. The SMILES string of the molecule is CCCCc1ccc(NS(=O)(=O)c2cc3c(c(C(=O)N4CCN(c5ccccc5OC)CC4)c2)OCCO3)cc1. The molecule has 1 amide bonds. The molecule has 0 aliphatic carbocycles. The molecule has 0 aromatic heterocycles. The molecule has 212 valence electrons. The van der Waals surface area contributed by atoms with Gasteiger partial charge in [0.05, 0.1) is 23.3 Å². The van der Waals surface area contributed by atoms with Crippen molar-refractivity contribution in [3.8, 4) is 17.2 Å². The van der Waals surface area contributed by atoms with Gasteiger partial charge in [-0.3, -0.25) is 9.52 Å². The van der Waals surface area contributed by atoms with Crippen LogP contribution in [0.3, 0.4) is 0 Å². The number of ether oxygens (including phenoxy) is 3. The second-order valence-electron chi connectivity index (χ2n) is 9.85. The standard InChI is InChI=1S/C30H35N3O6S/c1-3-4-7-22-10-12-23(13-11-22)31-40(35,36)24-20-25(29-28(21-24)38-18-19-39-29)30(34)33-16-14-32(15-17-33)26-8-5-6-9-27(26)37-2/h5-6,8-13,20-21,31H,3-4,7,14-19H2,1-2H3. The monoisotopic (exact) mass is 565 g/mol. The largest absolute Gasteiger partial charge is 0.495 e. The number of aryl methyl sites for hydroxylation is 1. The first-order valence-corrected chi connectivity index (χ1v) is 15.1. The Morgan fingerprint density at radius 1 is 0.975 bits per heavy atom. The van der Waals surface area contributed by atoms with E-state index >= 15 is 0 Å². The summed E-state index contributed by atoms with van der Waals surface area (Å²) >= 11 is 0. The average Bonchev–Trinajstić information content (AvgIpc) is 2.99. The summed E-state index contributed by atoms with van der Waals surface area (Å²) in [7, 11) is -2.35. The van der Waals surface area contributed by atoms with Crippen LogP contribution < -0.4 is 23.8 Å². The Hall–Kier alpha value is -3.92. The van der Waals surface area contributed by atoms with Crippen molar-refractivity contribution in [2.75, 3.05) is 56.1 Å². The van der Waals surface area contributed by atoms with Crippen LogP contribution in [0.4, 0.5) is 11.4 Å². The van der Waals surface area contributed by atoms with Crippen molar-refractivity contribution in [1.29, 1.82) is 0 Å². The van der Waals surface area contributed by atoms with Gasteiger partial charge >= 0.3 is 0 Å². The Labute approximate surface area is 235 Å². The maximum Gasteiger partial charge on any atom is 0.262 e. The first kappa shape index (κ1) is 27.6. The van der Waals surface area contributed by atoms with Crippen molar-refractivity contribution in [2.45, 2.75) is 31.1 Å². The van der Waals surface area contributed by atoms with Crippen LogP contribution in [-0.4, -0.2) is 65.7 Å². The number of carbonyl (C=O) groups is 1. The molecule has 0 spiro atoms. The van der Waals surface area contributed by atoms with Gasteiger partial charge in [0.25, 0.3) is 15.9 Å². The molecule has 1 N–H and O–H groups in total. The van der Waals surface area contributed by atoms with Gasteiger partial charge in [0, 0.05) is 37.9 Å². The zero-order chi connectivity index (χ0) is 28.1.